The minimum absolute atomic E-state index is 0. The van der Waals surface area contributed by atoms with Crippen LogP contribution in [0.4, 0.5) is 5.69 Å². The second-order valence-electron chi connectivity index (χ2n) is 7.57. The molecule has 0 bridgehead atoms. The van der Waals surface area contributed by atoms with Crippen molar-refractivity contribution in [1.82, 2.24) is 0 Å². The van der Waals surface area contributed by atoms with Crippen molar-refractivity contribution in [2.75, 3.05) is 5.32 Å². The number of anilines is 1. The summed E-state index contributed by atoms with van der Waals surface area (Å²) in [5.41, 5.74) is 9.50. The summed E-state index contributed by atoms with van der Waals surface area (Å²) in [6, 6.07) is 18.9. The van der Waals surface area contributed by atoms with Crippen molar-refractivity contribution in [2.24, 2.45) is 5.73 Å². The molecule has 0 aliphatic carbocycles. The number of rotatable bonds is 6. The Morgan fingerprint density at radius 2 is 1.82 bits per heavy atom. The number of nitrogens with two attached hydrogens (primary N) is 1. The monoisotopic (exact) mass is 484 g/mol. The molecule has 0 saturated heterocycles. The van der Waals surface area contributed by atoms with E-state index < -0.39 is 12.0 Å². The zero-order valence-corrected chi connectivity index (χ0v) is 19.2. The van der Waals surface area contributed by atoms with Gasteiger partial charge in [-0.25, -0.2) is 0 Å². The van der Waals surface area contributed by atoms with Crippen molar-refractivity contribution in [3.63, 3.8) is 0 Å². The molecule has 1 amide bonds. The van der Waals surface area contributed by atoms with E-state index in [1.54, 1.807) is 49.4 Å². The SMILES string of the molecule is CC(c1ccc(Oc2ccc(C=C3C(=O)Nc4ccccc43)cc2Cl)cc1)C(N)C(=O)O.Cl. The van der Waals surface area contributed by atoms with Gasteiger partial charge in [-0.2, -0.15) is 0 Å². The zero-order chi connectivity index (χ0) is 22.8. The predicted molar refractivity (Wildman–Crippen MR) is 132 cm³/mol. The van der Waals surface area contributed by atoms with Gasteiger partial charge >= 0.3 is 5.97 Å². The molecule has 0 aromatic heterocycles. The largest absolute Gasteiger partial charge is 0.480 e. The summed E-state index contributed by atoms with van der Waals surface area (Å²) in [5.74, 6) is -0.511. The Hall–Kier alpha value is -3.32. The molecule has 4 rings (SSSR count). The highest BCUT2D eigenvalue weighted by Crippen LogP contribution is 2.35. The van der Waals surface area contributed by atoms with Crippen LogP contribution in [0.5, 0.6) is 11.5 Å². The molecule has 0 saturated carbocycles. The Balaban J connectivity index is 0.00000306. The maximum absolute atomic E-state index is 12.3. The van der Waals surface area contributed by atoms with Gasteiger partial charge in [0.25, 0.3) is 5.91 Å². The van der Waals surface area contributed by atoms with Gasteiger partial charge in [-0.05, 0) is 47.5 Å². The highest BCUT2D eigenvalue weighted by Gasteiger charge is 2.23. The van der Waals surface area contributed by atoms with Crippen LogP contribution in [0, 0.1) is 0 Å². The number of nitrogens with one attached hydrogen (secondary N) is 1. The Kier molecular flexibility index (Phi) is 7.43. The van der Waals surface area contributed by atoms with Gasteiger partial charge in [0.1, 0.15) is 17.5 Å². The average molecular weight is 485 g/mol. The second-order valence-corrected chi connectivity index (χ2v) is 7.98. The lowest BCUT2D eigenvalue weighted by Gasteiger charge is -2.16. The lowest BCUT2D eigenvalue weighted by molar-refractivity contribution is -0.139. The Morgan fingerprint density at radius 1 is 1.12 bits per heavy atom. The molecule has 0 radical (unpaired) electrons. The molecule has 1 aliphatic rings. The molecule has 3 aromatic carbocycles. The van der Waals surface area contributed by atoms with Crippen LogP contribution in [-0.4, -0.2) is 23.0 Å². The number of hydrogen-bond donors (Lipinski definition) is 3. The highest BCUT2D eigenvalue weighted by molar-refractivity contribution is 6.35. The number of carbonyl (C=O) groups excluding carboxylic acids is 1. The standard InChI is InChI=1S/C25H21ClN2O4.ClH/c1-14(23(27)25(30)31)16-7-9-17(10-8-16)32-22-11-6-15(13-20(22)26)12-19-18-4-2-3-5-21(18)28-24(19)29;/h2-14,23H,27H2,1H3,(H,28,29)(H,30,31);1H. The van der Waals surface area contributed by atoms with Gasteiger partial charge in [0.05, 0.1) is 5.02 Å². The van der Waals surface area contributed by atoms with E-state index in [0.29, 0.717) is 22.1 Å². The van der Waals surface area contributed by atoms with Crippen molar-refractivity contribution in [1.29, 1.82) is 0 Å². The number of fused-ring (bicyclic) bond motifs is 1. The number of halogens is 2. The molecule has 33 heavy (non-hydrogen) atoms. The molecule has 1 aliphatic heterocycles. The summed E-state index contributed by atoms with van der Waals surface area (Å²) >= 11 is 6.42. The summed E-state index contributed by atoms with van der Waals surface area (Å²) in [4.78, 5) is 23.4. The number of ether oxygens (including phenoxy) is 1. The van der Waals surface area contributed by atoms with Crippen LogP contribution >= 0.6 is 24.0 Å². The fraction of sp³-hybridized carbons (Fsp3) is 0.120. The van der Waals surface area contributed by atoms with Gasteiger partial charge < -0.3 is 20.9 Å². The minimum Gasteiger partial charge on any atom is -0.480 e. The van der Waals surface area contributed by atoms with Crippen LogP contribution in [0.2, 0.25) is 5.02 Å². The van der Waals surface area contributed by atoms with E-state index in [4.69, 9.17) is 27.2 Å². The van der Waals surface area contributed by atoms with Gasteiger partial charge in [-0.3, -0.25) is 9.59 Å². The zero-order valence-electron chi connectivity index (χ0n) is 17.6. The number of amides is 1. The molecular weight excluding hydrogens is 463 g/mol. The van der Waals surface area contributed by atoms with Gasteiger partial charge in [0, 0.05) is 22.7 Å². The molecule has 1 heterocycles. The first-order valence-corrected chi connectivity index (χ1v) is 10.4. The molecule has 0 spiro atoms. The lowest BCUT2D eigenvalue weighted by atomic mass is 9.94. The maximum Gasteiger partial charge on any atom is 0.321 e. The van der Waals surface area contributed by atoms with Crippen molar-refractivity contribution in [2.45, 2.75) is 18.9 Å². The third kappa shape index (κ3) is 5.20. The van der Waals surface area contributed by atoms with Crippen LogP contribution in [-0.2, 0) is 9.59 Å². The summed E-state index contributed by atoms with van der Waals surface area (Å²) in [7, 11) is 0. The van der Waals surface area contributed by atoms with E-state index in [2.05, 4.69) is 5.32 Å². The lowest BCUT2D eigenvalue weighted by Crippen LogP contribution is -2.35. The molecular formula is C25H22Cl2N2O4. The van der Waals surface area contributed by atoms with Crippen LogP contribution in [0.15, 0.2) is 66.7 Å². The van der Waals surface area contributed by atoms with E-state index in [0.717, 1.165) is 22.4 Å². The smallest absolute Gasteiger partial charge is 0.321 e. The number of aliphatic carboxylic acids is 1. The van der Waals surface area contributed by atoms with Gasteiger partial charge in [-0.1, -0.05) is 54.9 Å². The van der Waals surface area contributed by atoms with Crippen LogP contribution in [0.25, 0.3) is 11.6 Å². The van der Waals surface area contributed by atoms with Gasteiger partial charge in [0.2, 0.25) is 0 Å². The number of para-hydroxylation sites is 1. The van der Waals surface area contributed by atoms with Crippen molar-refractivity contribution in [3.8, 4) is 11.5 Å². The summed E-state index contributed by atoms with van der Waals surface area (Å²) in [6.45, 7) is 1.77. The number of benzene rings is 3. The van der Waals surface area contributed by atoms with E-state index >= 15 is 0 Å². The summed E-state index contributed by atoms with van der Waals surface area (Å²) < 4.78 is 5.87. The molecule has 170 valence electrons. The minimum atomic E-state index is -1.04. The maximum atomic E-state index is 12.3. The quantitative estimate of drug-likeness (QED) is 0.397. The van der Waals surface area contributed by atoms with E-state index in [9.17, 15) is 9.59 Å². The third-order valence-corrected chi connectivity index (χ3v) is 5.73. The number of hydrogen-bond acceptors (Lipinski definition) is 4. The predicted octanol–water partition coefficient (Wildman–Crippen LogP) is 5.56. The first kappa shape index (κ1) is 24.3. The molecule has 0 fully saturated rings. The van der Waals surface area contributed by atoms with Crippen molar-refractivity contribution in [3.05, 3.63) is 88.4 Å². The fourth-order valence-corrected chi connectivity index (χ4v) is 3.75. The third-order valence-electron chi connectivity index (χ3n) is 5.43. The molecule has 8 heteroatoms. The molecule has 4 N–H and O–H groups in total. The Morgan fingerprint density at radius 3 is 2.48 bits per heavy atom. The first-order valence-electron chi connectivity index (χ1n) is 10.0. The summed E-state index contributed by atoms with van der Waals surface area (Å²) in [6.07, 6.45) is 1.79. The number of carbonyl (C=O) groups is 2. The molecule has 2 unspecified atom stereocenters. The fourth-order valence-electron chi connectivity index (χ4n) is 3.53. The molecule has 6 nitrogen and oxygen atoms in total. The molecule has 2 atom stereocenters. The van der Waals surface area contributed by atoms with E-state index in [-0.39, 0.29) is 24.2 Å². The molecule has 3 aromatic rings. The Bertz CT molecular complexity index is 1230. The number of carboxylic acids is 1. The topological polar surface area (TPSA) is 102 Å². The van der Waals surface area contributed by atoms with E-state index in [1.165, 1.54) is 0 Å². The van der Waals surface area contributed by atoms with Crippen LogP contribution in [0.3, 0.4) is 0 Å². The van der Waals surface area contributed by atoms with Crippen LogP contribution in [0.1, 0.15) is 29.5 Å². The number of carboxylic acid groups (broad SMARTS) is 1. The van der Waals surface area contributed by atoms with Crippen LogP contribution < -0.4 is 15.8 Å². The highest BCUT2D eigenvalue weighted by atomic mass is 35.5. The van der Waals surface area contributed by atoms with Crippen molar-refractivity contribution >= 4 is 53.2 Å². The average Bonchev–Trinajstić information content (AvgIpc) is 3.10. The van der Waals surface area contributed by atoms with Gasteiger partial charge in [0.15, 0.2) is 0 Å². The van der Waals surface area contributed by atoms with E-state index in [1.807, 2.05) is 30.3 Å². The normalized spacial score (nSPS) is 15.2. The summed E-state index contributed by atoms with van der Waals surface area (Å²) in [5, 5.41) is 12.3. The van der Waals surface area contributed by atoms with Gasteiger partial charge in [-0.15, -0.1) is 12.4 Å². The second kappa shape index (κ2) is 10.1. The van der Waals surface area contributed by atoms with Crippen molar-refractivity contribution < 1.29 is 19.4 Å². The Labute approximate surface area is 202 Å². The first-order chi connectivity index (χ1) is 15.3.